The number of thioether (sulfide) groups is 1. The molecule has 0 aliphatic carbocycles. The van der Waals surface area contributed by atoms with Gasteiger partial charge in [-0.15, -0.1) is 11.6 Å². The highest BCUT2D eigenvalue weighted by atomic mass is 35.5. The Balaban J connectivity index is 3.84. The third-order valence-electron chi connectivity index (χ3n) is 1.79. The van der Waals surface area contributed by atoms with E-state index < -0.39 is 0 Å². The van der Waals surface area contributed by atoms with Gasteiger partial charge in [-0.25, -0.2) is 0 Å². The largest absolute Gasteiger partial charge is 0.383 e. The van der Waals surface area contributed by atoms with Crippen molar-refractivity contribution in [3.05, 3.63) is 0 Å². The number of rotatable bonds is 8. The summed E-state index contributed by atoms with van der Waals surface area (Å²) in [6, 6.07) is 0. The van der Waals surface area contributed by atoms with E-state index in [1.807, 2.05) is 6.26 Å². The van der Waals surface area contributed by atoms with Gasteiger partial charge in [-0.1, -0.05) is 0 Å². The highest BCUT2D eigenvalue weighted by Crippen LogP contribution is 2.01. The van der Waals surface area contributed by atoms with Gasteiger partial charge in [0.1, 0.15) is 0 Å². The van der Waals surface area contributed by atoms with Crippen LogP contribution >= 0.6 is 23.4 Å². The van der Waals surface area contributed by atoms with Crippen molar-refractivity contribution < 1.29 is 9.53 Å². The van der Waals surface area contributed by atoms with Crippen LogP contribution in [0.2, 0.25) is 0 Å². The second-order valence-corrected chi connectivity index (χ2v) is 4.17. The molecule has 0 atom stereocenters. The van der Waals surface area contributed by atoms with E-state index in [-0.39, 0.29) is 5.91 Å². The molecule has 0 spiro atoms. The number of halogens is 1. The SMILES string of the molecule is COCCN(CCCl)C(=O)CCSC. The van der Waals surface area contributed by atoms with Crippen LogP contribution in [-0.4, -0.2) is 55.5 Å². The van der Waals surface area contributed by atoms with Crippen molar-refractivity contribution in [1.29, 1.82) is 0 Å². The van der Waals surface area contributed by atoms with Gasteiger partial charge >= 0.3 is 0 Å². The van der Waals surface area contributed by atoms with E-state index in [0.29, 0.717) is 32.0 Å². The highest BCUT2D eigenvalue weighted by Gasteiger charge is 2.11. The van der Waals surface area contributed by atoms with Crippen molar-refractivity contribution in [3.8, 4) is 0 Å². The predicted molar refractivity (Wildman–Crippen MR) is 62.2 cm³/mol. The minimum atomic E-state index is 0.164. The van der Waals surface area contributed by atoms with Crippen molar-refractivity contribution in [3.63, 3.8) is 0 Å². The van der Waals surface area contributed by atoms with Gasteiger partial charge in [0.2, 0.25) is 5.91 Å². The zero-order valence-corrected chi connectivity index (χ0v) is 10.4. The summed E-state index contributed by atoms with van der Waals surface area (Å²) >= 11 is 7.29. The van der Waals surface area contributed by atoms with Crippen molar-refractivity contribution in [1.82, 2.24) is 4.90 Å². The summed E-state index contributed by atoms with van der Waals surface area (Å²) in [6.45, 7) is 1.82. The van der Waals surface area contributed by atoms with Gasteiger partial charge in [0.15, 0.2) is 0 Å². The molecule has 5 heteroatoms. The Hall–Kier alpha value is 0.0700. The molecule has 0 aromatic heterocycles. The van der Waals surface area contributed by atoms with Crippen LogP contribution in [0.5, 0.6) is 0 Å². The fourth-order valence-electron chi connectivity index (χ4n) is 1.01. The van der Waals surface area contributed by atoms with E-state index in [0.717, 1.165) is 5.75 Å². The van der Waals surface area contributed by atoms with Gasteiger partial charge in [0.25, 0.3) is 0 Å². The summed E-state index contributed by atoms with van der Waals surface area (Å²) in [7, 11) is 1.63. The van der Waals surface area contributed by atoms with Gasteiger partial charge in [-0.3, -0.25) is 4.79 Å². The van der Waals surface area contributed by atoms with Gasteiger partial charge in [-0.2, -0.15) is 11.8 Å². The van der Waals surface area contributed by atoms with Crippen LogP contribution in [0.15, 0.2) is 0 Å². The lowest BCUT2D eigenvalue weighted by molar-refractivity contribution is -0.131. The Morgan fingerprint density at radius 2 is 2.21 bits per heavy atom. The maximum atomic E-state index is 11.6. The number of hydrogen-bond acceptors (Lipinski definition) is 3. The average Bonchev–Trinajstić information content (AvgIpc) is 2.20. The molecule has 0 unspecified atom stereocenters. The van der Waals surface area contributed by atoms with Crippen molar-refractivity contribution in [2.75, 3.05) is 44.7 Å². The zero-order chi connectivity index (χ0) is 10.8. The number of ether oxygens (including phenoxy) is 1. The zero-order valence-electron chi connectivity index (χ0n) is 8.79. The number of alkyl halides is 1. The van der Waals surface area contributed by atoms with Crippen LogP contribution in [0.25, 0.3) is 0 Å². The highest BCUT2D eigenvalue weighted by molar-refractivity contribution is 7.98. The molecular weight excluding hydrogens is 222 g/mol. The van der Waals surface area contributed by atoms with Crippen LogP contribution < -0.4 is 0 Å². The molecule has 1 amide bonds. The number of carbonyl (C=O) groups is 1. The molecule has 0 rings (SSSR count). The minimum Gasteiger partial charge on any atom is -0.383 e. The van der Waals surface area contributed by atoms with Crippen LogP contribution in [0.4, 0.5) is 0 Å². The van der Waals surface area contributed by atoms with E-state index in [1.165, 1.54) is 0 Å². The minimum absolute atomic E-state index is 0.164. The monoisotopic (exact) mass is 239 g/mol. The van der Waals surface area contributed by atoms with E-state index >= 15 is 0 Å². The summed E-state index contributed by atoms with van der Waals surface area (Å²) in [5, 5.41) is 0. The molecular formula is C9H18ClNO2S. The molecule has 0 aliphatic heterocycles. The Bertz CT molecular complexity index is 158. The molecule has 0 aliphatic rings. The molecule has 0 saturated carbocycles. The Morgan fingerprint density at radius 1 is 1.50 bits per heavy atom. The Kier molecular flexibility index (Phi) is 9.67. The normalized spacial score (nSPS) is 10.2. The summed E-state index contributed by atoms with van der Waals surface area (Å²) in [5.74, 6) is 1.51. The van der Waals surface area contributed by atoms with E-state index in [4.69, 9.17) is 16.3 Å². The summed E-state index contributed by atoms with van der Waals surface area (Å²) in [5.41, 5.74) is 0. The first-order chi connectivity index (χ1) is 6.76. The molecule has 0 aromatic carbocycles. The second-order valence-electron chi connectivity index (χ2n) is 2.81. The number of hydrogen-bond donors (Lipinski definition) is 0. The fourth-order valence-corrected chi connectivity index (χ4v) is 1.59. The lowest BCUT2D eigenvalue weighted by atomic mass is 10.4. The first kappa shape index (κ1) is 14.1. The Morgan fingerprint density at radius 3 is 2.71 bits per heavy atom. The van der Waals surface area contributed by atoms with Gasteiger partial charge in [-0.05, 0) is 6.26 Å². The molecule has 84 valence electrons. The lowest BCUT2D eigenvalue weighted by Crippen LogP contribution is -2.35. The summed E-state index contributed by atoms with van der Waals surface area (Å²) < 4.78 is 4.93. The third kappa shape index (κ3) is 6.51. The number of methoxy groups -OCH3 is 1. The van der Waals surface area contributed by atoms with Crippen LogP contribution in [0.1, 0.15) is 6.42 Å². The van der Waals surface area contributed by atoms with Gasteiger partial charge in [0, 0.05) is 38.3 Å². The maximum Gasteiger partial charge on any atom is 0.223 e. The smallest absolute Gasteiger partial charge is 0.223 e. The van der Waals surface area contributed by atoms with Crippen molar-refractivity contribution in [2.24, 2.45) is 0 Å². The van der Waals surface area contributed by atoms with E-state index in [1.54, 1.807) is 23.8 Å². The number of amides is 1. The fraction of sp³-hybridized carbons (Fsp3) is 0.889. The van der Waals surface area contributed by atoms with Crippen molar-refractivity contribution >= 4 is 29.3 Å². The van der Waals surface area contributed by atoms with E-state index in [9.17, 15) is 4.79 Å². The Labute approximate surface area is 95.1 Å². The van der Waals surface area contributed by atoms with Crippen LogP contribution in [0.3, 0.4) is 0 Å². The van der Waals surface area contributed by atoms with Crippen LogP contribution in [0, 0.1) is 0 Å². The van der Waals surface area contributed by atoms with Gasteiger partial charge < -0.3 is 9.64 Å². The molecule has 14 heavy (non-hydrogen) atoms. The summed E-state index contributed by atoms with van der Waals surface area (Å²) in [4.78, 5) is 13.4. The molecule has 0 aromatic rings. The molecule has 0 radical (unpaired) electrons. The first-order valence-corrected chi connectivity index (χ1v) is 6.50. The second kappa shape index (κ2) is 9.62. The quantitative estimate of drug-likeness (QED) is 0.601. The lowest BCUT2D eigenvalue weighted by Gasteiger charge is -2.21. The van der Waals surface area contributed by atoms with Crippen molar-refractivity contribution in [2.45, 2.75) is 6.42 Å². The molecule has 0 N–H and O–H groups in total. The predicted octanol–water partition coefficient (Wildman–Crippen LogP) is 1.45. The number of nitrogens with zero attached hydrogens (tertiary/aromatic N) is 1. The van der Waals surface area contributed by atoms with Crippen LogP contribution in [-0.2, 0) is 9.53 Å². The van der Waals surface area contributed by atoms with Gasteiger partial charge in [0.05, 0.1) is 6.61 Å². The molecule has 0 fully saturated rings. The standard InChI is InChI=1S/C9H18ClNO2S/c1-13-7-6-11(5-4-10)9(12)3-8-14-2/h3-8H2,1-2H3. The molecule has 0 bridgehead atoms. The molecule has 0 heterocycles. The number of carbonyl (C=O) groups excluding carboxylic acids is 1. The molecule has 0 saturated heterocycles. The maximum absolute atomic E-state index is 11.6. The van der Waals surface area contributed by atoms with E-state index in [2.05, 4.69) is 0 Å². The first-order valence-electron chi connectivity index (χ1n) is 4.57. The molecule has 3 nitrogen and oxygen atoms in total. The topological polar surface area (TPSA) is 29.5 Å². The summed E-state index contributed by atoms with van der Waals surface area (Å²) in [6.07, 6.45) is 2.58. The average molecular weight is 240 g/mol. The third-order valence-corrected chi connectivity index (χ3v) is 2.57.